The lowest BCUT2D eigenvalue weighted by molar-refractivity contribution is 0.132. The van der Waals surface area contributed by atoms with Crippen molar-refractivity contribution in [3.8, 4) is 0 Å². The van der Waals surface area contributed by atoms with Gasteiger partial charge in [-0.25, -0.2) is 0 Å². The molecule has 0 spiro atoms. The molecule has 0 aromatic carbocycles. The Morgan fingerprint density at radius 2 is 2.29 bits per heavy atom. The fraction of sp³-hybridized carbons (Fsp3) is 0.636. The molecule has 1 rings (SSSR count). The van der Waals surface area contributed by atoms with E-state index in [0.29, 0.717) is 6.61 Å². The van der Waals surface area contributed by atoms with Crippen LogP contribution in [-0.2, 0) is 17.9 Å². The van der Waals surface area contributed by atoms with Gasteiger partial charge in [0.15, 0.2) is 0 Å². The van der Waals surface area contributed by atoms with E-state index in [1.54, 1.807) is 6.26 Å². The minimum Gasteiger partial charge on any atom is -0.468 e. The van der Waals surface area contributed by atoms with Crippen LogP contribution in [0.1, 0.15) is 31.6 Å². The molecule has 1 aromatic heterocycles. The molecule has 1 N–H and O–H groups in total. The third kappa shape index (κ3) is 3.52. The Morgan fingerprint density at radius 3 is 3.00 bits per heavy atom. The predicted molar refractivity (Wildman–Crippen MR) is 56.0 cm³/mol. The zero-order chi connectivity index (χ0) is 10.2. The summed E-state index contributed by atoms with van der Waals surface area (Å²) in [5.41, 5.74) is 1.15. The van der Waals surface area contributed by atoms with Crippen molar-refractivity contribution >= 4 is 0 Å². The molecule has 0 aliphatic heterocycles. The van der Waals surface area contributed by atoms with Gasteiger partial charge in [0.1, 0.15) is 5.76 Å². The zero-order valence-corrected chi connectivity index (χ0v) is 9.01. The quantitative estimate of drug-likeness (QED) is 0.681. The molecule has 1 aromatic rings. The van der Waals surface area contributed by atoms with Gasteiger partial charge >= 0.3 is 0 Å². The highest BCUT2D eigenvalue weighted by molar-refractivity contribution is 5.15. The molecular weight excluding hydrogens is 178 g/mol. The van der Waals surface area contributed by atoms with Gasteiger partial charge in [-0.3, -0.25) is 0 Å². The summed E-state index contributed by atoms with van der Waals surface area (Å²) < 4.78 is 10.7. The molecule has 0 fully saturated rings. The molecule has 0 bridgehead atoms. The number of hydrogen-bond acceptors (Lipinski definition) is 3. The van der Waals surface area contributed by atoms with Gasteiger partial charge in [-0.05, 0) is 26.0 Å². The Hall–Kier alpha value is -0.800. The van der Waals surface area contributed by atoms with E-state index in [-0.39, 0.29) is 0 Å². The maximum Gasteiger partial charge on any atom is 0.123 e. The van der Waals surface area contributed by atoms with Gasteiger partial charge in [0.25, 0.3) is 0 Å². The Bertz CT molecular complexity index is 245. The number of nitrogens with one attached hydrogen (secondary N) is 1. The van der Waals surface area contributed by atoms with Crippen LogP contribution < -0.4 is 5.32 Å². The Balaban J connectivity index is 2.37. The minimum absolute atomic E-state index is 0.649. The molecule has 3 heteroatoms. The van der Waals surface area contributed by atoms with Crippen molar-refractivity contribution in [1.82, 2.24) is 5.32 Å². The van der Waals surface area contributed by atoms with E-state index in [2.05, 4.69) is 12.2 Å². The van der Waals surface area contributed by atoms with Crippen molar-refractivity contribution in [2.45, 2.75) is 33.4 Å². The first kappa shape index (κ1) is 11.3. The maximum atomic E-state index is 5.37. The average molecular weight is 197 g/mol. The predicted octanol–water partition coefficient (Wildman–Crippen LogP) is 2.32. The number of hydrogen-bond donors (Lipinski definition) is 1. The van der Waals surface area contributed by atoms with Crippen LogP contribution in [0.3, 0.4) is 0 Å². The van der Waals surface area contributed by atoms with E-state index in [4.69, 9.17) is 9.15 Å². The van der Waals surface area contributed by atoms with Crippen LogP contribution in [-0.4, -0.2) is 13.2 Å². The molecule has 0 amide bonds. The summed E-state index contributed by atoms with van der Waals surface area (Å²) in [6.07, 6.45) is 2.86. The molecule has 3 nitrogen and oxygen atoms in total. The van der Waals surface area contributed by atoms with Gasteiger partial charge in [-0.15, -0.1) is 0 Å². The summed E-state index contributed by atoms with van der Waals surface area (Å²) in [6, 6.07) is 1.97. The van der Waals surface area contributed by atoms with Gasteiger partial charge in [0.2, 0.25) is 0 Å². The summed E-state index contributed by atoms with van der Waals surface area (Å²) in [4.78, 5) is 0. The third-order valence-corrected chi connectivity index (χ3v) is 2.01. The topological polar surface area (TPSA) is 34.4 Å². The molecule has 0 aliphatic rings. The standard InChI is InChI=1S/C11H19NO2/c1-3-6-12-8-11-10(5-7-14-11)9-13-4-2/h5,7,12H,3-4,6,8-9H2,1-2H3. The smallest absolute Gasteiger partial charge is 0.123 e. The SMILES string of the molecule is CCCNCc1occc1COCC. The lowest BCUT2D eigenvalue weighted by Crippen LogP contribution is -2.14. The molecule has 1 heterocycles. The molecule has 0 atom stereocenters. The van der Waals surface area contributed by atoms with Gasteiger partial charge in [0, 0.05) is 12.2 Å². The Morgan fingerprint density at radius 1 is 1.43 bits per heavy atom. The second kappa shape index (κ2) is 6.62. The van der Waals surface area contributed by atoms with E-state index in [9.17, 15) is 0 Å². The molecule has 0 unspecified atom stereocenters. The van der Waals surface area contributed by atoms with Crippen LogP contribution >= 0.6 is 0 Å². The number of rotatable bonds is 7. The summed E-state index contributed by atoms with van der Waals surface area (Å²) in [5.74, 6) is 0.993. The normalized spacial score (nSPS) is 10.7. The summed E-state index contributed by atoms with van der Waals surface area (Å²) >= 11 is 0. The molecule has 0 aliphatic carbocycles. The molecule has 80 valence electrons. The van der Waals surface area contributed by atoms with Crippen molar-refractivity contribution in [1.29, 1.82) is 0 Å². The van der Waals surface area contributed by atoms with Gasteiger partial charge < -0.3 is 14.5 Å². The molecule has 0 radical (unpaired) electrons. The van der Waals surface area contributed by atoms with E-state index in [1.807, 2.05) is 13.0 Å². The lowest BCUT2D eigenvalue weighted by Gasteiger charge is -2.03. The van der Waals surface area contributed by atoms with Crippen LogP contribution in [0.15, 0.2) is 16.7 Å². The first-order valence-corrected chi connectivity index (χ1v) is 5.22. The number of furan rings is 1. The van der Waals surface area contributed by atoms with Crippen LogP contribution in [0.25, 0.3) is 0 Å². The van der Waals surface area contributed by atoms with Crippen LogP contribution in [0.2, 0.25) is 0 Å². The van der Waals surface area contributed by atoms with Crippen LogP contribution in [0.5, 0.6) is 0 Å². The Labute approximate surface area is 85.4 Å². The first-order chi connectivity index (χ1) is 6.88. The summed E-state index contributed by atoms with van der Waals surface area (Å²) in [5, 5.41) is 3.30. The van der Waals surface area contributed by atoms with Crippen molar-refractivity contribution in [3.63, 3.8) is 0 Å². The maximum absolute atomic E-state index is 5.37. The van der Waals surface area contributed by atoms with Crippen molar-refractivity contribution in [2.75, 3.05) is 13.2 Å². The number of ether oxygens (including phenoxy) is 1. The lowest BCUT2D eigenvalue weighted by atomic mass is 10.2. The second-order valence-corrected chi connectivity index (χ2v) is 3.18. The van der Waals surface area contributed by atoms with E-state index < -0.39 is 0 Å². The summed E-state index contributed by atoms with van der Waals surface area (Å²) in [6.45, 7) is 7.35. The van der Waals surface area contributed by atoms with Crippen LogP contribution in [0, 0.1) is 0 Å². The van der Waals surface area contributed by atoms with Gasteiger partial charge in [0.05, 0.1) is 19.4 Å². The molecular formula is C11H19NO2. The highest BCUT2D eigenvalue weighted by atomic mass is 16.5. The van der Waals surface area contributed by atoms with Crippen molar-refractivity contribution in [2.24, 2.45) is 0 Å². The van der Waals surface area contributed by atoms with Crippen molar-refractivity contribution < 1.29 is 9.15 Å². The molecule has 14 heavy (non-hydrogen) atoms. The average Bonchev–Trinajstić information content (AvgIpc) is 2.63. The fourth-order valence-corrected chi connectivity index (χ4v) is 1.24. The van der Waals surface area contributed by atoms with Crippen LogP contribution in [0.4, 0.5) is 0 Å². The minimum atomic E-state index is 0.649. The zero-order valence-electron chi connectivity index (χ0n) is 9.01. The van der Waals surface area contributed by atoms with E-state index in [0.717, 1.165) is 37.4 Å². The molecule has 0 saturated carbocycles. The Kier molecular flexibility index (Phi) is 5.33. The van der Waals surface area contributed by atoms with Gasteiger partial charge in [-0.1, -0.05) is 6.92 Å². The summed E-state index contributed by atoms with van der Waals surface area (Å²) in [7, 11) is 0. The third-order valence-electron chi connectivity index (χ3n) is 2.01. The van der Waals surface area contributed by atoms with E-state index >= 15 is 0 Å². The first-order valence-electron chi connectivity index (χ1n) is 5.22. The van der Waals surface area contributed by atoms with Crippen molar-refractivity contribution in [3.05, 3.63) is 23.7 Å². The fourth-order valence-electron chi connectivity index (χ4n) is 1.24. The highest BCUT2D eigenvalue weighted by Gasteiger charge is 2.04. The van der Waals surface area contributed by atoms with E-state index in [1.165, 1.54) is 0 Å². The highest BCUT2D eigenvalue weighted by Crippen LogP contribution is 2.11. The van der Waals surface area contributed by atoms with Gasteiger partial charge in [-0.2, -0.15) is 0 Å². The second-order valence-electron chi connectivity index (χ2n) is 3.18. The largest absolute Gasteiger partial charge is 0.468 e. The monoisotopic (exact) mass is 197 g/mol. The molecule has 0 saturated heterocycles.